The highest BCUT2D eigenvalue weighted by molar-refractivity contribution is 7.15. The normalized spacial score (nSPS) is 19.2. The number of benzene rings is 2. The molecule has 0 aliphatic carbocycles. The Morgan fingerprint density at radius 3 is 2.78 bits per heavy atom. The number of aromatic nitrogens is 2. The molecule has 2 aromatic carbocycles. The Morgan fingerprint density at radius 1 is 1.09 bits per heavy atom. The van der Waals surface area contributed by atoms with Gasteiger partial charge in [0.25, 0.3) is 5.91 Å². The summed E-state index contributed by atoms with van der Waals surface area (Å²) in [7, 11) is 3.09. The molecule has 0 saturated carbocycles. The number of imidazole rings is 1. The smallest absolute Gasteiger partial charge is 0.258 e. The number of hydrogen-bond donors (Lipinski definition) is 2. The SMILES string of the molecule is COc1cc2ccc1CNC(=O)CCc1ccc(OC)c(c1)OCC(=O)N[C@@H]1CN(C(=O)Cc3cn4ccsc4n3)CC[C@@H]1O2. The number of rotatable bonds is 4. The van der Waals surface area contributed by atoms with Gasteiger partial charge in [-0.1, -0.05) is 6.07 Å². The fraction of sp³-hybridized carbons (Fsp3) is 0.375. The van der Waals surface area contributed by atoms with Crippen LogP contribution in [0.4, 0.5) is 0 Å². The number of aryl methyl sites for hydroxylation is 1. The second-order valence-corrected chi connectivity index (χ2v) is 11.9. The minimum Gasteiger partial charge on any atom is -0.496 e. The standard InChI is InChI=1S/C32H35N5O7S/c1-41-26-7-3-20-4-8-29(38)33-16-21-5-6-23(15-27(21)42-2)44-25-9-10-36(18-24(25)35-30(39)19-43-28(26)13-20)31(40)14-22-17-37-11-12-45-32(37)34-22/h3,5-7,11-13,15,17,24-25H,4,8-10,14,16,18-19H2,1-2H3,(H,33,38)(H,35,39)/t24-,25+/m1/s1. The lowest BCUT2D eigenvalue weighted by atomic mass is 10.0. The van der Waals surface area contributed by atoms with Crippen molar-refractivity contribution >= 4 is 34.0 Å². The number of nitrogens with one attached hydrogen (secondary N) is 2. The van der Waals surface area contributed by atoms with Crippen LogP contribution in [0.3, 0.4) is 0 Å². The molecule has 1 saturated heterocycles. The average molecular weight is 634 g/mol. The largest absolute Gasteiger partial charge is 0.496 e. The lowest BCUT2D eigenvalue weighted by Crippen LogP contribution is -2.58. The van der Waals surface area contributed by atoms with Gasteiger partial charge in [-0.2, -0.15) is 0 Å². The van der Waals surface area contributed by atoms with Gasteiger partial charge >= 0.3 is 0 Å². The third kappa shape index (κ3) is 7.14. The first-order valence-electron chi connectivity index (χ1n) is 14.8. The van der Waals surface area contributed by atoms with Crippen molar-refractivity contribution in [2.24, 2.45) is 0 Å². The van der Waals surface area contributed by atoms with Gasteiger partial charge in [0.1, 0.15) is 17.6 Å². The zero-order valence-electron chi connectivity index (χ0n) is 25.1. The van der Waals surface area contributed by atoms with Crippen molar-refractivity contribution in [2.75, 3.05) is 33.9 Å². The maximum Gasteiger partial charge on any atom is 0.258 e. The van der Waals surface area contributed by atoms with E-state index in [1.54, 1.807) is 30.2 Å². The van der Waals surface area contributed by atoms with Gasteiger partial charge in [-0.25, -0.2) is 4.98 Å². The van der Waals surface area contributed by atoms with Crippen molar-refractivity contribution in [3.63, 3.8) is 0 Å². The second-order valence-electron chi connectivity index (χ2n) is 11.0. The summed E-state index contributed by atoms with van der Waals surface area (Å²) in [6, 6.07) is 10.3. The highest BCUT2D eigenvalue weighted by Crippen LogP contribution is 2.30. The number of amides is 3. The summed E-state index contributed by atoms with van der Waals surface area (Å²) in [6.07, 6.45) is 4.75. The monoisotopic (exact) mass is 633 g/mol. The van der Waals surface area contributed by atoms with E-state index in [9.17, 15) is 14.4 Å². The number of nitrogens with zero attached hydrogens (tertiary/aromatic N) is 3. The van der Waals surface area contributed by atoms with Crippen LogP contribution >= 0.6 is 11.3 Å². The van der Waals surface area contributed by atoms with Gasteiger partial charge in [0.15, 0.2) is 23.1 Å². The fourth-order valence-corrected chi connectivity index (χ4v) is 6.32. The first-order valence-corrected chi connectivity index (χ1v) is 15.6. The van der Waals surface area contributed by atoms with Gasteiger partial charge in [-0.3, -0.25) is 18.8 Å². The molecule has 12 nitrogen and oxygen atoms in total. The van der Waals surface area contributed by atoms with E-state index in [-0.39, 0.29) is 43.7 Å². The van der Waals surface area contributed by atoms with Crippen LogP contribution in [0.2, 0.25) is 0 Å². The van der Waals surface area contributed by atoms with Crippen LogP contribution < -0.4 is 29.6 Å². The number of likely N-dealkylation sites (tertiary alicyclic amines) is 1. The van der Waals surface area contributed by atoms with E-state index in [4.69, 9.17) is 18.9 Å². The molecule has 13 heteroatoms. The number of fused-ring (bicyclic) bond motifs is 10. The molecule has 4 aromatic rings. The number of carbonyl (C=O) groups is 3. The van der Waals surface area contributed by atoms with Crippen molar-refractivity contribution in [3.8, 4) is 23.0 Å². The van der Waals surface area contributed by atoms with Crippen LogP contribution in [0.25, 0.3) is 4.96 Å². The Hall–Kier alpha value is -4.78. The Morgan fingerprint density at radius 2 is 1.96 bits per heavy atom. The van der Waals surface area contributed by atoms with Gasteiger partial charge < -0.3 is 34.5 Å². The maximum absolute atomic E-state index is 13.4. The number of ether oxygens (including phenoxy) is 4. The molecule has 1 fully saturated rings. The van der Waals surface area contributed by atoms with Crippen molar-refractivity contribution in [2.45, 2.75) is 44.4 Å². The molecule has 2 aromatic heterocycles. The van der Waals surface area contributed by atoms with E-state index in [0.717, 1.165) is 16.1 Å². The molecule has 0 spiro atoms. The van der Waals surface area contributed by atoms with E-state index in [1.807, 2.05) is 40.4 Å². The van der Waals surface area contributed by atoms with Crippen LogP contribution in [0.1, 0.15) is 29.7 Å². The van der Waals surface area contributed by atoms with Gasteiger partial charge in [0.05, 0.1) is 32.4 Å². The summed E-state index contributed by atoms with van der Waals surface area (Å²) in [4.78, 5) is 46.4. The molecule has 3 aliphatic heterocycles. The molecular formula is C32H35N5O7S. The number of thiazole rings is 1. The van der Waals surface area contributed by atoms with Crippen LogP contribution in [-0.4, -0.2) is 78.1 Å². The first-order chi connectivity index (χ1) is 21.9. The van der Waals surface area contributed by atoms with Gasteiger partial charge in [-0.15, -0.1) is 11.3 Å². The summed E-state index contributed by atoms with van der Waals surface area (Å²) in [5.74, 6) is 1.46. The van der Waals surface area contributed by atoms with Gasteiger partial charge in [0.2, 0.25) is 11.8 Å². The fourth-order valence-electron chi connectivity index (χ4n) is 5.60. The highest BCUT2D eigenvalue weighted by Gasteiger charge is 2.34. The molecule has 3 aliphatic rings. The van der Waals surface area contributed by atoms with E-state index in [2.05, 4.69) is 15.6 Å². The molecule has 3 amide bonds. The molecule has 236 valence electrons. The van der Waals surface area contributed by atoms with Gasteiger partial charge in [0, 0.05) is 61.9 Å². The minimum atomic E-state index is -0.510. The van der Waals surface area contributed by atoms with E-state index in [0.29, 0.717) is 54.6 Å². The zero-order valence-corrected chi connectivity index (χ0v) is 25.9. The van der Waals surface area contributed by atoms with E-state index >= 15 is 0 Å². The molecule has 0 unspecified atom stereocenters. The summed E-state index contributed by atoms with van der Waals surface area (Å²) in [5, 5.41) is 7.94. The Kier molecular flexibility index (Phi) is 9.06. The van der Waals surface area contributed by atoms with E-state index in [1.165, 1.54) is 18.4 Å². The summed E-state index contributed by atoms with van der Waals surface area (Å²) in [5.41, 5.74) is 2.37. The summed E-state index contributed by atoms with van der Waals surface area (Å²) in [6.45, 7) is 0.746. The summed E-state index contributed by atoms with van der Waals surface area (Å²) >= 11 is 1.51. The predicted molar refractivity (Wildman–Crippen MR) is 166 cm³/mol. The predicted octanol–water partition coefficient (Wildman–Crippen LogP) is 2.76. The minimum absolute atomic E-state index is 0.0742. The van der Waals surface area contributed by atoms with Crippen molar-refractivity contribution < 1.29 is 33.3 Å². The average Bonchev–Trinajstić information content (AvgIpc) is 3.64. The zero-order chi connectivity index (χ0) is 31.3. The lowest BCUT2D eigenvalue weighted by molar-refractivity contribution is -0.135. The number of piperidine rings is 1. The Balaban J connectivity index is 1.23. The second kappa shape index (κ2) is 13.5. The number of carbonyl (C=O) groups excluding carboxylic acids is 3. The van der Waals surface area contributed by atoms with Gasteiger partial charge in [-0.05, 0) is 36.2 Å². The molecule has 2 N–H and O–H groups in total. The topological polar surface area (TPSA) is 133 Å². The van der Waals surface area contributed by atoms with Crippen molar-refractivity contribution in [1.82, 2.24) is 24.9 Å². The molecule has 4 bridgehead atoms. The third-order valence-electron chi connectivity index (χ3n) is 7.97. The number of hydrogen-bond acceptors (Lipinski definition) is 9. The third-order valence-corrected chi connectivity index (χ3v) is 8.74. The molecule has 5 heterocycles. The van der Waals surface area contributed by atoms with Crippen LogP contribution in [0, 0.1) is 0 Å². The Bertz CT molecular complexity index is 1670. The number of methoxy groups -OCH3 is 2. The quantitative estimate of drug-likeness (QED) is 0.351. The molecule has 0 radical (unpaired) electrons. The molecular weight excluding hydrogens is 598 g/mol. The van der Waals surface area contributed by atoms with Crippen LogP contribution in [0.15, 0.2) is 54.2 Å². The Labute approximate surface area is 264 Å². The highest BCUT2D eigenvalue weighted by atomic mass is 32.1. The van der Waals surface area contributed by atoms with Crippen LogP contribution in [0.5, 0.6) is 23.0 Å². The lowest BCUT2D eigenvalue weighted by Gasteiger charge is -2.39. The first kappa shape index (κ1) is 30.3. The molecule has 2 atom stereocenters. The maximum atomic E-state index is 13.4. The summed E-state index contributed by atoms with van der Waals surface area (Å²) < 4.78 is 25.2. The van der Waals surface area contributed by atoms with Crippen molar-refractivity contribution in [1.29, 1.82) is 0 Å². The molecule has 45 heavy (non-hydrogen) atoms. The molecule has 7 rings (SSSR count). The van der Waals surface area contributed by atoms with Crippen molar-refractivity contribution in [3.05, 3.63) is 71.0 Å². The van der Waals surface area contributed by atoms with E-state index < -0.39 is 12.1 Å². The van der Waals surface area contributed by atoms with Crippen LogP contribution in [-0.2, 0) is 33.8 Å².